The third-order valence-electron chi connectivity index (χ3n) is 2.34. The van der Waals surface area contributed by atoms with E-state index in [1.807, 2.05) is 32.8 Å². The summed E-state index contributed by atoms with van der Waals surface area (Å²) in [6, 6.07) is 0. The first-order valence-electron chi connectivity index (χ1n) is 4.45. The molecule has 0 aliphatic carbocycles. The maximum absolute atomic E-state index is 5.68. The third kappa shape index (κ3) is 2.63. The third-order valence-corrected chi connectivity index (χ3v) is 3.18. The van der Waals surface area contributed by atoms with Gasteiger partial charge in [0.25, 0.3) is 0 Å². The fourth-order valence-electron chi connectivity index (χ4n) is 1.07. The number of allylic oxidation sites excluding steroid dienone is 2. The van der Waals surface area contributed by atoms with Crippen LogP contribution in [0.3, 0.4) is 0 Å². The average Bonchev–Trinajstić information content (AvgIpc) is 2.17. The van der Waals surface area contributed by atoms with Crippen LogP contribution in [0.1, 0.15) is 20.8 Å². The van der Waals surface area contributed by atoms with Gasteiger partial charge in [0.2, 0.25) is 0 Å². The Balaban J connectivity index is 2.69. The highest BCUT2D eigenvalue weighted by Crippen LogP contribution is 2.40. The molecule has 0 aromatic heterocycles. The van der Waals surface area contributed by atoms with E-state index >= 15 is 0 Å². The van der Waals surface area contributed by atoms with Crippen molar-refractivity contribution >= 4 is 29.0 Å². The molecular weight excluding hydrogens is 214 g/mol. The van der Waals surface area contributed by atoms with Gasteiger partial charge < -0.3 is 9.31 Å². The monoisotopic (exact) mass is 230 g/mol. The van der Waals surface area contributed by atoms with Gasteiger partial charge in [-0.2, -0.15) is 0 Å². The predicted molar refractivity (Wildman–Crippen MR) is 67.4 cm³/mol. The molecule has 0 amide bonds. The summed E-state index contributed by atoms with van der Waals surface area (Å²) in [5.41, 5.74) is -0.396. The summed E-state index contributed by atoms with van der Waals surface area (Å²) in [5, 5.41) is 0.891. The lowest BCUT2D eigenvalue weighted by atomic mass is 9.90. The Labute approximate surface area is 93.9 Å². The largest absolute Gasteiger partial charge is 0.487 e. The summed E-state index contributed by atoms with van der Waals surface area (Å²) in [6.45, 7) is 9.56. The quantitative estimate of drug-likeness (QED) is 0.340. The highest BCUT2D eigenvalue weighted by Gasteiger charge is 2.51. The van der Waals surface area contributed by atoms with Crippen LogP contribution in [0.15, 0.2) is 23.9 Å². The molecule has 0 aromatic carbocycles. The molecule has 1 heterocycles. The van der Waals surface area contributed by atoms with Crippen LogP contribution in [0.25, 0.3) is 0 Å². The molecule has 0 radical (unpaired) electrons. The molecule has 1 rings (SSSR count). The molecular formula is C9H16BO2PS. The van der Waals surface area contributed by atoms with E-state index in [2.05, 4.69) is 28.4 Å². The van der Waals surface area contributed by atoms with Crippen LogP contribution in [0.5, 0.6) is 0 Å². The van der Waals surface area contributed by atoms with Gasteiger partial charge in [-0.15, -0.1) is 21.9 Å². The Kier molecular flexibility index (Phi) is 3.53. The molecule has 2 nitrogen and oxygen atoms in total. The van der Waals surface area contributed by atoms with Gasteiger partial charge in [0.15, 0.2) is 0 Å². The summed E-state index contributed by atoms with van der Waals surface area (Å²) in [7, 11) is 2.16. The Bertz CT molecular complexity index is 260. The lowest BCUT2D eigenvalue weighted by molar-refractivity contribution is 0.0618. The second-order valence-corrected chi connectivity index (χ2v) is 5.63. The van der Waals surface area contributed by atoms with Crippen LogP contribution in [0, 0.1) is 0 Å². The molecule has 2 unspecified atom stereocenters. The molecule has 1 saturated heterocycles. The first kappa shape index (κ1) is 12.3. The van der Waals surface area contributed by atoms with Crippen molar-refractivity contribution in [3.8, 4) is 0 Å². The summed E-state index contributed by atoms with van der Waals surface area (Å²) in [5.74, 6) is 1.83. The van der Waals surface area contributed by atoms with Crippen LogP contribution in [-0.2, 0) is 9.31 Å². The Morgan fingerprint density at radius 1 is 1.43 bits per heavy atom. The first-order chi connectivity index (χ1) is 6.24. The molecule has 0 aromatic rings. The molecule has 2 atom stereocenters. The van der Waals surface area contributed by atoms with Crippen molar-refractivity contribution in [2.24, 2.45) is 0 Å². The Hall–Kier alpha value is 0.245. The summed E-state index contributed by atoms with van der Waals surface area (Å²) >= 11 is 4.42. The smallest absolute Gasteiger partial charge is 0.399 e. The van der Waals surface area contributed by atoms with Gasteiger partial charge >= 0.3 is 7.12 Å². The number of rotatable bonds is 2. The van der Waals surface area contributed by atoms with Gasteiger partial charge in [-0.3, -0.25) is 0 Å². The van der Waals surface area contributed by atoms with Gasteiger partial charge in [-0.25, -0.2) is 0 Å². The molecule has 14 heavy (non-hydrogen) atoms. The van der Waals surface area contributed by atoms with E-state index in [0.717, 1.165) is 5.31 Å². The zero-order valence-corrected chi connectivity index (χ0v) is 10.8. The second kappa shape index (κ2) is 4.01. The minimum atomic E-state index is -0.565. The van der Waals surface area contributed by atoms with Gasteiger partial charge in [0.05, 0.1) is 5.60 Å². The van der Waals surface area contributed by atoms with Crippen molar-refractivity contribution in [1.82, 2.24) is 0 Å². The molecule has 0 N–H and O–H groups in total. The van der Waals surface area contributed by atoms with Gasteiger partial charge in [-0.1, -0.05) is 18.6 Å². The topological polar surface area (TPSA) is 18.5 Å². The lowest BCUT2D eigenvalue weighted by Crippen LogP contribution is -2.39. The molecule has 1 aliphatic heterocycles. The zero-order chi connectivity index (χ0) is 11.0. The molecule has 0 bridgehead atoms. The van der Waals surface area contributed by atoms with E-state index < -0.39 is 10.5 Å². The fourth-order valence-corrected chi connectivity index (χ4v) is 1.34. The zero-order valence-electron chi connectivity index (χ0n) is 8.78. The maximum Gasteiger partial charge on any atom is 0.487 e. The van der Waals surface area contributed by atoms with E-state index in [1.54, 1.807) is 0 Å². The number of hydrogen-bond acceptors (Lipinski definition) is 3. The highest BCUT2D eigenvalue weighted by molar-refractivity contribution is 7.81. The minimum absolute atomic E-state index is 0.343. The van der Waals surface area contributed by atoms with Crippen molar-refractivity contribution in [2.45, 2.75) is 31.3 Å². The molecule has 5 heteroatoms. The predicted octanol–water partition coefficient (Wildman–Crippen LogP) is 2.43. The summed E-state index contributed by atoms with van der Waals surface area (Å²) in [4.78, 5) is -0.565. The summed E-state index contributed by atoms with van der Waals surface area (Å²) < 4.78 is 11.3. The van der Waals surface area contributed by atoms with Gasteiger partial charge in [0, 0.05) is 0 Å². The van der Waals surface area contributed by atoms with Crippen molar-refractivity contribution in [3.63, 3.8) is 0 Å². The van der Waals surface area contributed by atoms with Crippen molar-refractivity contribution in [1.29, 1.82) is 0 Å². The fraction of sp³-hybridized carbons (Fsp3) is 0.556. The van der Waals surface area contributed by atoms with E-state index in [-0.39, 0.29) is 7.12 Å². The van der Waals surface area contributed by atoms with E-state index in [0.29, 0.717) is 0 Å². The van der Waals surface area contributed by atoms with Gasteiger partial charge in [-0.05, 0) is 26.1 Å². The van der Waals surface area contributed by atoms with Crippen LogP contribution >= 0.6 is 21.9 Å². The van der Waals surface area contributed by atoms with Crippen LogP contribution in [0.4, 0.5) is 0 Å². The average molecular weight is 230 g/mol. The van der Waals surface area contributed by atoms with Crippen LogP contribution < -0.4 is 0 Å². The number of hydrogen-bond donors (Lipinski definition) is 1. The maximum atomic E-state index is 5.68. The van der Waals surface area contributed by atoms with Crippen molar-refractivity contribution < 1.29 is 9.31 Å². The van der Waals surface area contributed by atoms with Gasteiger partial charge in [0.1, 0.15) is 4.93 Å². The van der Waals surface area contributed by atoms with Crippen molar-refractivity contribution in [3.05, 3.63) is 23.9 Å². The lowest BCUT2D eigenvalue weighted by Gasteiger charge is -2.31. The van der Waals surface area contributed by atoms with Crippen molar-refractivity contribution in [2.75, 3.05) is 0 Å². The normalized spacial score (nSPS) is 31.4. The molecule has 1 aliphatic rings. The standard InChI is InChI=1S/C9H16BO2PS/c1-7(13)5-6-10-11-8(2,3)9(4,14)12-10/h5-6,14H,1,13H2,2-4H3/b6-5+. The Morgan fingerprint density at radius 2 is 2.00 bits per heavy atom. The Morgan fingerprint density at radius 3 is 2.36 bits per heavy atom. The molecule has 1 fully saturated rings. The van der Waals surface area contributed by atoms with Crippen LogP contribution in [0.2, 0.25) is 0 Å². The SMILES string of the molecule is C=C(P)/C=C/B1OC(C)(C)C(C)(S)O1. The van der Waals surface area contributed by atoms with E-state index in [9.17, 15) is 0 Å². The number of thiol groups is 1. The summed E-state index contributed by atoms with van der Waals surface area (Å²) in [6.07, 6.45) is 1.85. The molecule has 0 spiro atoms. The second-order valence-electron chi connectivity index (χ2n) is 4.03. The van der Waals surface area contributed by atoms with Crippen LogP contribution in [-0.4, -0.2) is 17.7 Å². The van der Waals surface area contributed by atoms with E-state index in [1.165, 1.54) is 0 Å². The van der Waals surface area contributed by atoms with E-state index in [4.69, 9.17) is 9.31 Å². The molecule has 78 valence electrons. The minimum Gasteiger partial charge on any atom is -0.399 e. The first-order valence-corrected chi connectivity index (χ1v) is 5.48. The molecule has 0 saturated carbocycles. The highest BCUT2D eigenvalue weighted by atomic mass is 32.1.